The van der Waals surface area contributed by atoms with E-state index in [-0.39, 0.29) is 17.6 Å². The average Bonchev–Trinajstić information content (AvgIpc) is 3.02. The molecule has 2 rings (SSSR count). The second-order valence-corrected chi connectivity index (χ2v) is 5.89. The largest absolute Gasteiger partial charge is 0.465 e. The van der Waals surface area contributed by atoms with Gasteiger partial charge in [-0.15, -0.1) is 10.2 Å². The molecule has 122 valence electrons. The number of hydrogen-bond acceptors (Lipinski definition) is 7. The van der Waals surface area contributed by atoms with E-state index in [0.29, 0.717) is 22.4 Å². The third-order valence-corrected chi connectivity index (χ3v) is 3.65. The zero-order valence-electron chi connectivity index (χ0n) is 13.0. The van der Waals surface area contributed by atoms with E-state index < -0.39 is 5.97 Å². The molecule has 7 nitrogen and oxygen atoms in total. The van der Waals surface area contributed by atoms with Gasteiger partial charge in [-0.1, -0.05) is 25.6 Å². The predicted molar refractivity (Wildman–Crippen MR) is 85.5 cm³/mol. The van der Waals surface area contributed by atoms with Crippen LogP contribution in [0.3, 0.4) is 0 Å². The molecule has 0 radical (unpaired) electrons. The molecule has 0 bridgehead atoms. The smallest absolute Gasteiger partial charge is 0.337 e. The molecule has 0 saturated heterocycles. The first kappa shape index (κ1) is 17.0. The van der Waals surface area contributed by atoms with E-state index in [0.717, 1.165) is 0 Å². The Morgan fingerprint density at radius 3 is 2.52 bits per heavy atom. The number of amides is 1. The molecule has 8 heteroatoms. The number of carbonyl (C=O) groups excluding carboxylic acids is 2. The number of benzene rings is 1. The highest BCUT2D eigenvalue weighted by Gasteiger charge is 2.12. The van der Waals surface area contributed by atoms with Crippen LogP contribution in [-0.2, 0) is 9.53 Å². The molecule has 0 aliphatic heterocycles. The first-order valence-electron chi connectivity index (χ1n) is 6.94. The van der Waals surface area contributed by atoms with Crippen molar-refractivity contribution in [3.05, 3.63) is 35.7 Å². The number of thioether (sulfide) groups is 1. The predicted octanol–water partition coefficient (Wildman–Crippen LogP) is 2.71. The molecule has 2 aromatic rings. The zero-order valence-corrected chi connectivity index (χ0v) is 13.8. The second-order valence-electron chi connectivity index (χ2n) is 4.97. The minimum absolute atomic E-state index is 0.151. The highest BCUT2D eigenvalue weighted by molar-refractivity contribution is 7.99. The van der Waals surface area contributed by atoms with Crippen LogP contribution in [-0.4, -0.2) is 34.9 Å². The van der Waals surface area contributed by atoms with Gasteiger partial charge in [0.15, 0.2) is 0 Å². The van der Waals surface area contributed by atoms with Gasteiger partial charge in [-0.25, -0.2) is 4.79 Å². The van der Waals surface area contributed by atoms with Crippen LogP contribution in [0.25, 0.3) is 0 Å². The van der Waals surface area contributed by atoms with E-state index in [1.807, 2.05) is 13.8 Å². The first-order chi connectivity index (χ1) is 11.0. The van der Waals surface area contributed by atoms with Gasteiger partial charge in [-0.2, -0.15) is 0 Å². The van der Waals surface area contributed by atoms with Crippen LogP contribution in [0.1, 0.15) is 36.0 Å². The van der Waals surface area contributed by atoms with Crippen molar-refractivity contribution in [2.24, 2.45) is 0 Å². The average molecular weight is 335 g/mol. The third kappa shape index (κ3) is 4.82. The minimum Gasteiger partial charge on any atom is -0.465 e. The lowest BCUT2D eigenvalue weighted by molar-refractivity contribution is -0.113. The summed E-state index contributed by atoms with van der Waals surface area (Å²) in [6.45, 7) is 3.90. The summed E-state index contributed by atoms with van der Waals surface area (Å²) in [5, 5.41) is 10.9. The fraction of sp³-hybridized carbons (Fsp3) is 0.333. The van der Waals surface area contributed by atoms with Crippen molar-refractivity contribution in [3.8, 4) is 0 Å². The Kier molecular flexibility index (Phi) is 5.75. The van der Waals surface area contributed by atoms with E-state index in [4.69, 9.17) is 4.42 Å². The molecule has 0 aliphatic carbocycles. The Hall–Kier alpha value is -2.35. The van der Waals surface area contributed by atoms with Crippen molar-refractivity contribution in [2.75, 3.05) is 18.2 Å². The van der Waals surface area contributed by atoms with Crippen molar-refractivity contribution < 1.29 is 18.7 Å². The van der Waals surface area contributed by atoms with E-state index in [1.54, 1.807) is 24.3 Å². The van der Waals surface area contributed by atoms with Gasteiger partial charge in [-0.05, 0) is 24.3 Å². The number of methoxy groups -OCH3 is 1. The standard InChI is InChI=1S/C15H17N3O4S/c1-9(2)13-17-18-15(22-13)23-8-12(19)16-11-6-4-10(5-7-11)14(20)21-3/h4-7,9H,8H2,1-3H3,(H,16,19). The lowest BCUT2D eigenvalue weighted by Crippen LogP contribution is -2.14. The molecule has 0 aliphatic rings. The van der Waals surface area contributed by atoms with Gasteiger partial charge >= 0.3 is 5.97 Å². The quantitative estimate of drug-likeness (QED) is 0.640. The number of aromatic nitrogens is 2. The summed E-state index contributed by atoms with van der Waals surface area (Å²) in [6, 6.07) is 6.44. The topological polar surface area (TPSA) is 94.3 Å². The minimum atomic E-state index is -0.421. The Labute approximate surface area is 137 Å². The monoisotopic (exact) mass is 335 g/mol. The zero-order chi connectivity index (χ0) is 16.8. The van der Waals surface area contributed by atoms with Crippen LogP contribution >= 0.6 is 11.8 Å². The molecule has 1 heterocycles. The number of anilines is 1. The summed E-state index contributed by atoms with van der Waals surface area (Å²) >= 11 is 1.17. The Balaban J connectivity index is 1.85. The first-order valence-corrected chi connectivity index (χ1v) is 7.92. The number of esters is 1. The van der Waals surface area contributed by atoms with Crippen molar-refractivity contribution in [3.63, 3.8) is 0 Å². The molecule has 0 atom stereocenters. The van der Waals surface area contributed by atoms with Crippen molar-refractivity contribution in [1.82, 2.24) is 10.2 Å². The molecule has 0 fully saturated rings. The maximum absolute atomic E-state index is 11.9. The fourth-order valence-electron chi connectivity index (χ4n) is 1.64. The normalized spacial score (nSPS) is 10.6. The molecular weight excluding hydrogens is 318 g/mol. The van der Waals surface area contributed by atoms with E-state index >= 15 is 0 Å². The summed E-state index contributed by atoms with van der Waals surface area (Å²) < 4.78 is 10.0. The van der Waals surface area contributed by atoms with Crippen LogP contribution < -0.4 is 5.32 Å². The Bertz CT molecular complexity index is 682. The summed E-state index contributed by atoms with van der Waals surface area (Å²) in [7, 11) is 1.32. The third-order valence-electron chi connectivity index (χ3n) is 2.83. The molecular formula is C15H17N3O4S. The van der Waals surface area contributed by atoms with E-state index in [1.165, 1.54) is 18.9 Å². The van der Waals surface area contributed by atoms with Crippen molar-refractivity contribution in [1.29, 1.82) is 0 Å². The van der Waals surface area contributed by atoms with Gasteiger partial charge in [0.25, 0.3) is 5.22 Å². The summed E-state index contributed by atoms with van der Waals surface area (Å²) in [5.74, 6) is 0.226. The van der Waals surface area contributed by atoms with Crippen molar-refractivity contribution in [2.45, 2.75) is 25.0 Å². The molecule has 1 aromatic heterocycles. The summed E-state index contributed by atoms with van der Waals surface area (Å²) in [5.41, 5.74) is 1.02. The summed E-state index contributed by atoms with van der Waals surface area (Å²) in [4.78, 5) is 23.2. The number of hydrogen-bond donors (Lipinski definition) is 1. The van der Waals surface area contributed by atoms with Gasteiger partial charge in [0.1, 0.15) is 0 Å². The maximum atomic E-state index is 11.9. The van der Waals surface area contributed by atoms with Crippen molar-refractivity contribution >= 4 is 29.3 Å². The lowest BCUT2D eigenvalue weighted by atomic mass is 10.2. The Morgan fingerprint density at radius 1 is 1.26 bits per heavy atom. The van der Waals surface area contributed by atoms with Crippen LogP contribution in [0.2, 0.25) is 0 Å². The number of nitrogens with zero attached hydrogens (tertiary/aromatic N) is 2. The fourth-order valence-corrected chi connectivity index (χ4v) is 2.21. The highest BCUT2D eigenvalue weighted by atomic mass is 32.2. The van der Waals surface area contributed by atoms with Crippen LogP contribution in [0.4, 0.5) is 5.69 Å². The highest BCUT2D eigenvalue weighted by Crippen LogP contribution is 2.20. The lowest BCUT2D eigenvalue weighted by Gasteiger charge is -2.05. The second kappa shape index (κ2) is 7.77. The Morgan fingerprint density at radius 2 is 1.96 bits per heavy atom. The molecule has 0 spiro atoms. The van der Waals surface area contributed by atoms with Crippen LogP contribution in [0, 0.1) is 0 Å². The number of ether oxygens (including phenoxy) is 1. The number of rotatable bonds is 6. The van der Waals surface area contributed by atoms with Gasteiger partial charge < -0.3 is 14.5 Å². The number of nitrogens with one attached hydrogen (secondary N) is 1. The molecule has 0 saturated carbocycles. The molecule has 0 unspecified atom stereocenters. The maximum Gasteiger partial charge on any atom is 0.337 e. The SMILES string of the molecule is COC(=O)c1ccc(NC(=O)CSc2nnc(C(C)C)o2)cc1. The molecule has 1 amide bonds. The van der Waals surface area contributed by atoms with Gasteiger partial charge in [-0.3, -0.25) is 4.79 Å². The molecule has 23 heavy (non-hydrogen) atoms. The molecule has 1 N–H and O–H groups in total. The van der Waals surface area contributed by atoms with E-state index in [2.05, 4.69) is 20.3 Å². The van der Waals surface area contributed by atoms with Crippen LogP contribution in [0.5, 0.6) is 0 Å². The molecule has 1 aromatic carbocycles. The van der Waals surface area contributed by atoms with Crippen LogP contribution in [0.15, 0.2) is 33.9 Å². The van der Waals surface area contributed by atoms with Gasteiger partial charge in [0, 0.05) is 11.6 Å². The van der Waals surface area contributed by atoms with E-state index in [9.17, 15) is 9.59 Å². The summed E-state index contributed by atoms with van der Waals surface area (Å²) in [6.07, 6.45) is 0. The van der Waals surface area contributed by atoms with Gasteiger partial charge in [0.2, 0.25) is 11.8 Å². The number of carbonyl (C=O) groups is 2. The van der Waals surface area contributed by atoms with Gasteiger partial charge in [0.05, 0.1) is 18.4 Å².